The predicted octanol–water partition coefficient (Wildman–Crippen LogP) is 1.69. The molecule has 14 heavy (non-hydrogen) atoms. The fourth-order valence-corrected chi connectivity index (χ4v) is 1.35. The Labute approximate surface area is 82.1 Å². The zero-order valence-electron chi connectivity index (χ0n) is 8.23. The van der Waals surface area contributed by atoms with Gasteiger partial charge in [0, 0.05) is 17.5 Å². The molecule has 1 aromatic carbocycles. The average Bonchev–Trinajstić information content (AvgIpc) is 2.47. The number of nitrogens with one attached hydrogen (secondary N) is 1. The van der Waals surface area contributed by atoms with Crippen LogP contribution in [0.3, 0.4) is 0 Å². The molecule has 0 bridgehead atoms. The van der Waals surface area contributed by atoms with Gasteiger partial charge >= 0.3 is 0 Å². The summed E-state index contributed by atoms with van der Waals surface area (Å²) in [5.74, 6) is 0.254. The highest BCUT2D eigenvalue weighted by Gasteiger charge is 2.03. The number of aromatic hydroxyl groups is 1. The van der Waals surface area contributed by atoms with Crippen molar-refractivity contribution < 1.29 is 5.11 Å². The van der Waals surface area contributed by atoms with Gasteiger partial charge in [0.15, 0.2) is 0 Å². The number of fused-ring (bicyclic) bond motifs is 1. The van der Waals surface area contributed by atoms with E-state index in [1.165, 1.54) is 0 Å². The van der Waals surface area contributed by atoms with Crippen molar-refractivity contribution in [2.24, 2.45) is 0 Å². The lowest BCUT2D eigenvalue weighted by molar-refractivity contribution is 0.476. The second-order valence-electron chi connectivity index (χ2n) is 3.58. The van der Waals surface area contributed by atoms with Gasteiger partial charge in [-0.3, -0.25) is 0 Å². The lowest BCUT2D eigenvalue weighted by Gasteiger charge is -2.10. The zero-order valence-corrected chi connectivity index (χ0v) is 8.23. The number of benzene rings is 1. The number of rotatable bonds is 2. The maximum Gasteiger partial charge on any atom is 0.117 e. The van der Waals surface area contributed by atoms with Gasteiger partial charge in [-0.15, -0.1) is 0 Å². The fourth-order valence-electron chi connectivity index (χ4n) is 1.35. The number of nitrogens with zero attached hydrogens (tertiary/aromatic N) is 2. The molecule has 0 aliphatic rings. The summed E-state index contributed by atoms with van der Waals surface area (Å²) < 4.78 is 0. The first kappa shape index (κ1) is 8.87. The van der Waals surface area contributed by atoms with E-state index in [2.05, 4.69) is 10.5 Å². The molecule has 0 aliphatic heterocycles. The van der Waals surface area contributed by atoms with E-state index in [-0.39, 0.29) is 5.75 Å². The molecule has 74 valence electrons. The standard InChI is InChI=1S/C10H13N3O/c1-7(2)12-13-10-5-9(14)4-3-8(10)6-11-13/h3-7,12,14H,1-2H3. The van der Waals surface area contributed by atoms with E-state index < -0.39 is 0 Å². The lowest BCUT2D eigenvalue weighted by atomic mass is 10.2. The van der Waals surface area contributed by atoms with Crippen LogP contribution in [-0.2, 0) is 0 Å². The van der Waals surface area contributed by atoms with Crippen molar-refractivity contribution in [1.82, 2.24) is 9.89 Å². The summed E-state index contributed by atoms with van der Waals surface area (Å²) in [7, 11) is 0. The van der Waals surface area contributed by atoms with Crippen LogP contribution in [0, 0.1) is 0 Å². The third-order valence-corrected chi connectivity index (χ3v) is 1.93. The number of hydrogen-bond acceptors (Lipinski definition) is 3. The number of hydrogen-bond donors (Lipinski definition) is 2. The average molecular weight is 191 g/mol. The van der Waals surface area contributed by atoms with Crippen molar-refractivity contribution in [3.63, 3.8) is 0 Å². The molecule has 4 heteroatoms. The van der Waals surface area contributed by atoms with Crippen LogP contribution >= 0.6 is 0 Å². The van der Waals surface area contributed by atoms with Crippen LogP contribution in [0.15, 0.2) is 24.4 Å². The number of aromatic nitrogens is 2. The first-order valence-electron chi connectivity index (χ1n) is 4.60. The van der Waals surface area contributed by atoms with E-state index >= 15 is 0 Å². The summed E-state index contributed by atoms with van der Waals surface area (Å²) in [5.41, 5.74) is 4.04. The molecule has 2 rings (SSSR count). The van der Waals surface area contributed by atoms with Gasteiger partial charge in [-0.25, -0.2) is 0 Å². The Morgan fingerprint density at radius 1 is 1.43 bits per heavy atom. The van der Waals surface area contributed by atoms with Crippen LogP contribution < -0.4 is 5.43 Å². The minimum Gasteiger partial charge on any atom is -0.508 e. The first-order chi connectivity index (χ1) is 6.66. The van der Waals surface area contributed by atoms with Crippen molar-refractivity contribution in [1.29, 1.82) is 0 Å². The van der Waals surface area contributed by atoms with Crippen molar-refractivity contribution in [2.45, 2.75) is 19.9 Å². The van der Waals surface area contributed by atoms with Crippen LogP contribution in [0.4, 0.5) is 0 Å². The molecular weight excluding hydrogens is 178 g/mol. The molecular formula is C10H13N3O. The summed E-state index contributed by atoms with van der Waals surface area (Å²) in [6.45, 7) is 4.08. The van der Waals surface area contributed by atoms with E-state index in [1.54, 1.807) is 23.1 Å². The molecule has 2 N–H and O–H groups in total. The maximum atomic E-state index is 9.34. The highest BCUT2D eigenvalue weighted by atomic mass is 16.3. The summed E-state index contributed by atoms with van der Waals surface area (Å²) in [6, 6.07) is 5.50. The molecule has 1 aromatic heterocycles. The van der Waals surface area contributed by atoms with Gasteiger partial charge in [0.05, 0.1) is 11.7 Å². The normalized spacial score (nSPS) is 11.1. The van der Waals surface area contributed by atoms with Crippen LogP contribution in [0.5, 0.6) is 5.75 Å². The molecule has 0 amide bonds. The van der Waals surface area contributed by atoms with Crippen LogP contribution in [0.25, 0.3) is 10.9 Å². The Morgan fingerprint density at radius 2 is 2.21 bits per heavy atom. The van der Waals surface area contributed by atoms with Gasteiger partial charge in [-0.2, -0.15) is 9.89 Å². The van der Waals surface area contributed by atoms with Gasteiger partial charge in [0.1, 0.15) is 5.75 Å². The van der Waals surface area contributed by atoms with E-state index in [1.807, 2.05) is 19.9 Å². The Kier molecular flexibility index (Phi) is 2.04. The molecule has 0 spiro atoms. The molecule has 0 aliphatic carbocycles. The minimum absolute atomic E-state index is 0.254. The number of phenols is 1. The van der Waals surface area contributed by atoms with E-state index in [0.29, 0.717) is 6.04 Å². The molecule has 1 heterocycles. The largest absolute Gasteiger partial charge is 0.508 e. The van der Waals surface area contributed by atoms with E-state index in [9.17, 15) is 5.11 Å². The maximum absolute atomic E-state index is 9.34. The fraction of sp³-hybridized carbons (Fsp3) is 0.300. The smallest absolute Gasteiger partial charge is 0.117 e. The highest BCUT2D eigenvalue weighted by Crippen LogP contribution is 2.18. The number of phenolic OH excluding ortho intramolecular Hbond substituents is 1. The van der Waals surface area contributed by atoms with Gasteiger partial charge in [-0.05, 0) is 26.0 Å². The lowest BCUT2D eigenvalue weighted by Crippen LogP contribution is -2.22. The molecule has 0 atom stereocenters. The third-order valence-electron chi connectivity index (χ3n) is 1.93. The van der Waals surface area contributed by atoms with Crippen molar-refractivity contribution in [3.05, 3.63) is 24.4 Å². The molecule has 0 fully saturated rings. The molecule has 4 nitrogen and oxygen atoms in total. The Bertz CT molecular complexity index is 448. The zero-order chi connectivity index (χ0) is 10.1. The topological polar surface area (TPSA) is 50.1 Å². The quantitative estimate of drug-likeness (QED) is 0.759. The molecule has 0 unspecified atom stereocenters. The summed E-state index contributed by atoms with van der Waals surface area (Å²) in [4.78, 5) is 1.68. The molecule has 0 saturated carbocycles. The van der Waals surface area contributed by atoms with Gasteiger partial charge in [-0.1, -0.05) is 0 Å². The first-order valence-corrected chi connectivity index (χ1v) is 4.60. The summed E-state index contributed by atoms with van der Waals surface area (Å²) in [6.07, 6.45) is 1.77. The predicted molar refractivity (Wildman–Crippen MR) is 55.9 cm³/mol. The monoisotopic (exact) mass is 191 g/mol. The molecule has 2 aromatic rings. The Morgan fingerprint density at radius 3 is 2.93 bits per heavy atom. The minimum atomic E-state index is 0.254. The second-order valence-corrected chi connectivity index (χ2v) is 3.58. The third kappa shape index (κ3) is 1.51. The SMILES string of the molecule is CC(C)Nn1ncc2ccc(O)cc21. The van der Waals surface area contributed by atoms with Crippen LogP contribution in [-0.4, -0.2) is 21.0 Å². The Hall–Kier alpha value is -1.71. The van der Waals surface area contributed by atoms with Crippen LogP contribution in [0.1, 0.15) is 13.8 Å². The van der Waals surface area contributed by atoms with Gasteiger partial charge < -0.3 is 10.5 Å². The highest BCUT2D eigenvalue weighted by molar-refractivity contribution is 5.80. The van der Waals surface area contributed by atoms with Crippen molar-refractivity contribution in [3.8, 4) is 5.75 Å². The van der Waals surface area contributed by atoms with Crippen molar-refractivity contribution >= 4 is 10.9 Å². The van der Waals surface area contributed by atoms with E-state index in [4.69, 9.17) is 0 Å². The van der Waals surface area contributed by atoms with Gasteiger partial charge in [0.2, 0.25) is 0 Å². The van der Waals surface area contributed by atoms with E-state index in [0.717, 1.165) is 10.9 Å². The molecule has 0 radical (unpaired) electrons. The van der Waals surface area contributed by atoms with Crippen LogP contribution in [0.2, 0.25) is 0 Å². The van der Waals surface area contributed by atoms with Gasteiger partial charge in [0.25, 0.3) is 0 Å². The second kappa shape index (κ2) is 3.21. The van der Waals surface area contributed by atoms with Crippen molar-refractivity contribution in [2.75, 3.05) is 5.43 Å². The summed E-state index contributed by atoms with van der Waals surface area (Å²) in [5, 5.41) is 14.5. The molecule has 0 saturated heterocycles. The summed E-state index contributed by atoms with van der Waals surface area (Å²) >= 11 is 0. The Balaban J connectivity index is 2.50.